The summed E-state index contributed by atoms with van der Waals surface area (Å²) in [4.78, 5) is 14.6. The van der Waals surface area contributed by atoms with Crippen LogP contribution < -0.4 is 10.1 Å². The van der Waals surface area contributed by atoms with Gasteiger partial charge in [-0.3, -0.25) is 19.5 Å². The second-order valence-electron chi connectivity index (χ2n) is 7.20. The molecule has 0 atom stereocenters. The summed E-state index contributed by atoms with van der Waals surface area (Å²) in [7, 11) is 3.27. The predicted molar refractivity (Wildman–Crippen MR) is 111 cm³/mol. The van der Waals surface area contributed by atoms with Crippen LogP contribution in [0.2, 0.25) is 0 Å². The zero-order valence-electron chi connectivity index (χ0n) is 17.2. The summed E-state index contributed by atoms with van der Waals surface area (Å²) in [6.07, 6.45) is 1.88. The monoisotopic (exact) mass is 410 g/mol. The summed E-state index contributed by atoms with van der Waals surface area (Å²) in [6.45, 7) is 4.04. The van der Waals surface area contributed by atoms with E-state index in [1.807, 2.05) is 41.2 Å². The Morgan fingerprint density at radius 1 is 1.23 bits per heavy atom. The van der Waals surface area contributed by atoms with E-state index in [0.717, 1.165) is 54.4 Å². The molecule has 0 unspecified atom stereocenters. The maximum absolute atomic E-state index is 12.2. The number of hydrogen-bond donors (Lipinski definition) is 2. The molecule has 0 bridgehead atoms. The zero-order valence-corrected chi connectivity index (χ0v) is 17.2. The van der Waals surface area contributed by atoms with Crippen LogP contribution in [0.1, 0.15) is 21.7 Å². The Labute approximate surface area is 175 Å². The molecule has 0 radical (unpaired) electrons. The van der Waals surface area contributed by atoms with Crippen LogP contribution >= 0.6 is 0 Å². The van der Waals surface area contributed by atoms with Gasteiger partial charge in [-0.2, -0.15) is 10.2 Å². The molecule has 1 amide bonds. The minimum atomic E-state index is -0.169. The van der Waals surface area contributed by atoms with E-state index >= 15 is 0 Å². The van der Waals surface area contributed by atoms with Crippen molar-refractivity contribution in [2.24, 2.45) is 0 Å². The summed E-state index contributed by atoms with van der Waals surface area (Å²) in [5.41, 5.74) is 4.69. The zero-order chi connectivity index (χ0) is 20.9. The first-order chi connectivity index (χ1) is 14.7. The average molecular weight is 410 g/mol. The number of nitrogens with one attached hydrogen (secondary N) is 2. The van der Waals surface area contributed by atoms with Crippen molar-refractivity contribution in [3.8, 4) is 17.0 Å². The van der Waals surface area contributed by atoms with Gasteiger partial charge in [0.15, 0.2) is 0 Å². The predicted octanol–water partition coefficient (Wildman–Crippen LogP) is 1.67. The summed E-state index contributed by atoms with van der Waals surface area (Å²) in [5.74, 6) is 0.656. The highest BCUT2D eigenvalue weighted by molar-refractivity contribution is 5.92. The van der Waals surface area contributed by atoms with E-state index < -0.39 is 0 Å². The van der Waals surface area contributed by atoms with Gasteiger partial charge in [0.2, 0.25) is 0 Å². The van der Waals surface area contributed by atoms with Crippen molar-refractivity contribution >= 4 is 5.91 Å². The van der Waals surface area contributed by atoms with Gasteiger partial charge in [0.05, 0.1) is 37.8 Å². The number of ether oxygens (including phenoxy) is 2. The molecule has 1 aliphatic heterocycles. The van der Waals surface area contributed by atoms with Gasteiger partial charge in [0.25, 0.3) is 5.91 Å². The first-order valence-electron chi connectivity index (χ1n) is 9.91. The van der Waals surface area contributed by atoms with Crippen molar-refractivity contribution in [1.29, 1.82) is 0 Å². The standard InChI is InChI=1S/C21H26N6O3/c1-29-10-7-22-21(28)19-11-17-14-26(8-9-27(17)25-19)13-16-12-23-24-20(16)15-3-5-18(30-2)6-4-15/h3-6,11-12H,7-10,13-14H2,1-2H3,(H,22,28)(H,23,24). The van der Waals surface area contributed by atoms with E-state index in [0.29, 0.717) is 18.8 Å². The molecule has 9 heteroatoms. The Morgan fingerprint density at radius 3 is 2.83 bits per heavy atom. The fourth-order valence-corrected chi connectivity index (χ4v) is 3.60. The Kier molecular flexibility index (Phi) is 6.10. The molecule has 2 N–H and O–H groups in total. The Morgan fingerprint density at radius 2 is 2.07 bits per heavy atom. The lowest BCUT2D eigenvalue weighted by Crippen LogP contribution is -2.33. The summed E-state index contributed by atoms with van der Waals surface area (Å²) in [6, 6.07) is 9.80. The van der Waals surface area contributed by atoms with Crippen LogP contribution in [0, 0.1) is 0 Å². The highest BCUT2D eigenvalue weighted by atomic mass is 16.5. The number of hydrogen-bond acceptors (Lipinski definition) is 6. The van der Waals surface area contributed by atoms with Crippen molar-refractivity contribution in [1.82, 2.24) is 30.2 Å². The largest absolute Gasteiger partial charge is 0.497 e. The summed E-state index contributed by atoms with van der Waals surface area (Å²) < 4.78 is 12.1. The average Bonchev–Trinajstić information content (AvgIpc) is 3.40. The molecular formula is C21H26N6O3. The number of aromatic amines is 1. The molecule has 0 spiro atoms. The first-order valence-corrected chi connectivity index (χ1v) is 9.91. The number of fused-ring (bicyclic) bond motifs is 1. The lowest BCUT2D eigenvalue weighted by Gasteiger charge is -2.27. The topological polar surface area (TPSA) is 97.3 Å². The molecule has 1 aliphatic rings. The van der Waals surface area contributed by atoms with Gasteiger partial charge < -0.3 is 14.8 Å². The highest BCUT2D eigenvalue weighted by Gasteiger charge is 2.22. The third-order valence-electron chi connectivity index (χ3n) is 5.19. The van der Waals surface area contributed by atoms with Crippen molar-refractivity contribution in [3.05, 3.63) is 53.5 Å². The first kappa shape index (κ1) is 20.1. The number of benzene rings is 1. The molecule has 0 fully saturated rings. The van der Waals surface area contributed by atoms with E-state index in [1.54, 1.807) is 14.2 Å². The SMILES string of the molecule is COCCNC(=O)c1cc2n(n1)CCN(Cc1cn[nH]c1-c1ccc(OC)cc1)C2. The van der Waals surface area contributed by atoms with Crippen molar-refractivity contribution in [2.75, 3.05) is 33.9 Å². The fraction of sp³-hybridized carbons (Fsp3) is 0.381. The summed E-state index contributed by atoms with van der Waals surface area (Å²) in [5, 5.41) is 14.6. The normalized spacial score (nSPS) is 13.8. The van der Waals surface area contributed by atoms with Gasteiger partial charge >= 0.3 is 0 Å². The number of nitrogens with zero attached hydrogens (tertiary/aromatic N) is 4. The van der Waals surface area contributed by atoms with Gasteiger partial charge in [-0.1, -0.05) is 0 Å². The molecule has 9 nitrogen and oxygen atoms in total. The molecular weight excluding hydrogens is 384 g/mol. The number of H-pyrrole nitrogens is 1. The highest BCUT2D eigenvalue weighted by Crippen LogP contribution is 2.25. The minimum Gasteiger partial charge on any atom is -0.497 e. The van der Waals surface area contributed by atoms with Gasteiger partial charge in [-0.25, -0.2) is 0 Å². The fourth-order valence-electron chi connectivity index (χ4n) is 3.60. The second kappa shape index (κ2) is 9.10. The molecule has 3 heterocycles. The molecule has 0 saturated carbocycles. The smallest absolute Gasteiger partial charge is 0.271 e. The number of aromatic nitrogens is 4. The van der Waals surface area contributed by atoms with E-state index in [2.05, 4.69) is 25.5 Å². The van der Waals surface area contributed by atoms with Crippen LogP contribution in [0.5, 0.6) is 5.75 Å². The van der Waals surface area contributed by atoms with Gasteiger partial charge in [-0.05, 0) is 30.3 Å². The molecule has 4 rings (SSSR count). The summed E-state index contributed by atoms with van der Waals surface area (Å²) >= 11 is 0. The Hall–Kier alpha value is -3.17. The number of rotatable bonds is 8. The van der Waals surface area contributed by atoms with Crippen LogP contribution in [0.3, 0.4) is 0 Å². The lowest BCUT2D eigenvalue weighted by atomic mass is 10.1. The molecule has 2 aromatic heterocycles. The van der Waals surface area contributed by atoms with E-state index in [4.69, 9.17) is 9.47 Å². The molecule has 3 aromatic rings. The van der Waals surface area contributed by atoms with E-state index in [9.17, 15) is 4.79 Å². The number of methoxy groups -OCH3 is 2. The van der Waals surface area contributed by atoms with E-state index in [1.165, 1.54) is 0 Å². The Bertz CT molecular complexity index is 995. The molecule has 0 aliphatic carbocycles. The Balaban J connectivity index is 1.42. The van der Waals surface area contributed by atoms with Crippen molar-refractivity contribution < 1.29 is 14.3 Å². The third kappa shape index (κ3) is 4.37. The molecule has 158 valence electrons. The van der Waals surface area contributed by atoms with Gasteiger partial charge in [0.1, 0.15) is 11.4 Å². The third-order valence-corrected chi connectivity index (χ3v) is 5.19. The molecule has 1 aromatic carbocycles. The van der Waals surface area contributed by atoms with Gasteiger partial charge in [-0.15, -0.1) is 0 Å². The lowest BCUT2D eigenvalue weighted by molar-refractivity contribution is 0.0931. The second-order valence-corrected chi connectivity index (χ2v) is 7.20. The quantitative estimate of drug-likeness (QED) is 0.549. The minimum absolute atomic E-state index is 0.169. The molecule has 0 saturated heterocycles. The van der Waals surface area contributed by atoms with Crippen LogP contribution in [-0.2, 0) is 24.4 Å². The number of carbonyl (C=O) groups is 1. The molecule has 30 heavy (non-hydrogen) atoms. The maximum atomic E-state index is 12.2. The van der Waals surface area contributed by atoms with Crippen LogP contribution in [0.15, 0.2) is 36.5 Å². The van der Waals surface area contributed by atoms with Crippen LogP contribution in [0.4, 0.5) is 0 Å². The van der Waals surface area contributed by atoms with E-state index in [-0.39, 0.29) is 5.91 Å². The van der Waals surface area contributed by atoms with Crippen LogP contribution in [0.25, 0.3) is 11.3 Å². The van der Waals surface area contributed by atoms with Crippen LogP contribution in [-0.4, -0.2) is 64.7 Å². The van der Waals surface area contributed by atoms with Gasteiger partial charge in [0, 0.05) is 44.4 Å². The number of amides is 1. The maximum Gasteiger partial charge on any atom is 0.271 e. The van der Waals surface area contributed by atoms with Crippen molar-refractivity contribution in [3.63, 3.8) is 0 Å². The van der Waals surface area contributed by atoms with Crippen molar-refractivity contribution in [2.45, 2.75) is 19.6 Å². The number of carbonyl (C=O) groups excluding carboxylic acids is 1.